The number of carbonyl (C=O) groups excluding carboxylic acids is 1. The first-order valence-electron chi connectivity index (χ1n) is 6.99. The molecule has 4 fully saturated rings. The molecule has 0 N–H and O–H groups in total. The zero-order valence-corrected chi connectivity index (χ0v) is 11.4. The average molecular weight is 254 g/mol. The van der Waals surface area contributed by atoms with Gasteiger partial charge in [0.2, 0.25) is 0 Å². The number of rotatable bonds is 4. The van der Waals surface area contributed by atoms with Gasteiger partial charge in [-0.3, -0.25) is 9.00 Å². The van der Waals surface area contributed by atoms with Crippen LogP contribution in [-0.4, -0.2) is 21.5 Å². The third-order valence-corrected chi connectivity index (χ3v) is 6.47. The number of hydrogen-bond donors (Lipinski definition) is 0. The van der Waals surface area contributed by atoms with Gasteiger partial charge in [0.1, 0.15) is 0 Å². The fourth-order valence-corrected chi connectivity index (χ4v) is 5.66. The van der Waals surface area contributed by atoms with Gasteiger partial charge >= 0.3 is 0 Å². The summed E-state index contributed by atoms with van der Waals surface area (Å²) in [6.07, 6.45) is 7.42. The molecule has 0 heterocycles. The van der Waals surface area contributed by atoms with Crippen LogP contribution in [0.5, 0.6) is 0 Å². The molecule has 3 heteroatoms. The Kier molecular flexibility index (Phi) is 2.92. The molecule has 4 bridgehead atoms. The molecule has 0 spiro atoms. The molecule has 0 aromatic rings. The summed E-state index contributed by atoms with van der Waals surface area (Å²) in [4.78, 5) is 12.5. The van der Waals surface area contributed by atoms with Gasteiger partial charge in [0.25, 0.3) is 0 Å². The summed E-state index contributed by atoms with van der Waals surface area (Å²) >= 11 is 0. The Bertz CT molecular complexity index is 326. The van der Waals surface area contributed by atoms with Crippen LogP contribution < -0.4 is 0 Å². The number of ketones is 1. The zero-order chi connectivity index (χ0) is 12.0. The molecule has 96 valence electrons. The second kappa shape index (κ2) is 4.18. The highest BCUT2D eigenvalue weighted by atomic mass is 32.2. The molecular formula is C14H22O2S. The van der Waals surface area contributed by atoms with E-state index >= 15 is 0 Å². The van der Waals surface area contributed by atoms with Crippen molar-refractivity contribution in [3.05, 3.63) is 0 Å². The maximum atomic E-state index is 12.5. The predicted molar refractivity (Wildman–Crippen MR) is 69.2 cm³/mol. The summed E-state index contributed by atoms with van der Waals surface area (Å²) < 4.78 is 11.6. The van der Waals surface area contributed by atoms with E-state index in [1.54, 1.807) is 0 Å². The zero-order valence-electron chi connectivity index (χ0n) is 10.6. The maximum absolute atomic E-state index is 12.5. The summed E-state index contributed by atoms with van der Waals surface area (Å²) in [5.41, 5.74) is -0.0421. The largest absolute Gasteiger partial charge is 0.298 e. The Labute approximate surface area is 106 Å². The molecule has 1 unspecified atom stereocenters. The van der Waals surface area contributed by atoms with Crippen LogP contribution in [0.25, 0.3) is 0 Å². The first-order chi connectivity index (χ1) is 8.11. The van der Waals surface area contributed by atoms with E-state index in [2.05, 4.69) is 0 Å². The molecule has 2 nitrogen and oxygen atoms in total. The summed E-state index contributed by atoms with van der Waals surface area (Å²) in [5.74, 6) is 3.69. The van der Waals surface area contributed by atoms with E-state index in [0.717, 1.165) is 37.0 Å². The van der Waals surface area contributed by atoms with Gasteiger partial charge in [0.05, 0.1) is 5.75 Å². The van der Waals surface area contributed by atoms with Crippen LogP contribution in [0.4, 0.5) is 0 Å². The molecule has 0 aromatic heterocycles. The van der Waals surface area contributed by atoms with Crippen molar-refractivity contribution in [1.82, 2.24) is 0 Å². The van der Waals surface area contributed by atoms with E-state index in [1.165, 1.54) is 19.3 Å². The fourth-order valence-electron chi connectivity index (χ4n) is 4.85. The first-order valence-corrected chi connectivity index (χ1v) is 8.48. The minimum atomic E-state index is -0.919. The van der Waals surface area contributed by atoms with Crippen LogP contribution in [-0.2, 0) is 15.6 Å². The Hall–Kier alpha value is -0.180. The van der Waals surface area contributed by atoms with Crippen LogP contribution >= 0.6 is 0 Å². The summed E-state index contributed by atoms with van der Waals surface area (Å²) in [6, 6.07) is 0. The Morgan fingerprint density at radius 2 is 1.59 bits per heavy atom. The van der Waals surface area contributed by atoms with Crippen LogP contribution in [0.1, 0.15) is 45.4 Å². The smallest absolute Gasteiger partial charge is 0.151 e. The number of Topliss-reactive ketones (excluding diaryl/α,β-unsaturated/α-hetero) is 1. The summed E-state index contributed by atoms with van der Waals surface area (Å²) in [7, 11) is -0.919. The van der Waals surface area contributed by atoms with E-state index < -0.39 is 10.8 Å². The van der Waals surface area contributed by atoms with E-state index in [0.29, 0.717) is 17.3 Å². The van der Waals surface area contributed by atoms with Crippen LogP contribution in [0.2, 0.25) is 0 Å². The monoisotopic (exact) mass is 254 g/mol. The van der Waals surface area contributed by atoms with Crippen LogP contribution in [0.3, 0.4) is 0 Å². The van der Waals surface area contributed by atoms with Gasteiger partial charge < -0.3 is 0 Å². The minimum Gasteiger partial charge on any atom is -0.298 e. The van der Waals surface area contributed by atoms with Crippen molar-refractivity contribution in [1.29, 1.82) is 0 Å². The van der Waals surface area contributed by atoms with Gasteiger partial charge in [0, 0.05) is 22.0 Å². The SMILES string of the molecule is CCS(=O)CC(=O)C12CC3CC(CC(C3)C1)C2. The molecule has 4 aliphatic carbocycles. The lowest BCUT2D eigenvalue weighted by atomic mass is 9.48. The molecule has 0 aromatic carbocycles. The standard InChI is InChI=1S/C14H22O2S/c1-2-17(16)9-13(15)14-6-10-3-11(7-14)5-12(4-10)8-14/h10-12H,2-9H2,1H3. The molecule has 17 heavy (non-hydrogen) atoms. The molecule has 0 saturated heterocycles. The topological polar surface area (TPSA) is 34.1 Å². The van der Waals surface area contributed by atoms with Crippen molar-refractivity contribution >= 4 is 16.6 Å². The van der Waals surface area contributed by atoms with Gasteiger partial charge in [-0.1, -0.05) is 6.92 Å². The molecule has 4 aliphatic rings. The molecule has 0 amide bonds. The summed E-state index contributed by atoms with van der Waals surface area (Å²) in [5, 5.41) is 0. The third kappa shape index (κ3) is 2.00. The van der Waals surface area contributed by atoms with Crippen LogP contribution in [0.15, 0.2) is 0 Å². The van der Waals surface area contributed by atoms with Gasteiger partial charge in [-0.25, -0.2) is 0 Å². The summed E-state index contributed by atoms with van der Waals surface area (Å²) in [6.45, 7) is 1.91. The van der Waals surface area contributed by atoms with Crippen molar-refractivity contribution in [2.45, 2.75) is 45.4 Å². The highest BCUT2D eigenvalue weighted by molar-refractivity contribution is 7.85. The van der Waals surface area contributed by atoms with Crippen LogP contribution in [0, 0.1) is 23.2 Å². The van der Waals surface area contributed by atoms with Crippen molar-refractivity contribution in [3.63, 3.8) is 0 Å². The molecule has 0 aliphatic heterocycles. The van der Waals surface area contributed by atoms with Crippen molar-refractivity contribution in [2.75, 3.05) is 11.5 Å². The Morgan fingerprint density at radius 3 is 2.00 bits per heavy atom. The van der Waals surface area contributed by atoms with Gasteiger partial charge in [-0.05, 0) is 56.3 Å². The molecule has 4 rings (SSSR count). The van der Waals surface area contributed by atoms with Gasteiger partial charge in [-0.15, -0.1) is 0 Å². The number of carbonyl (C=O) groups is 1. The number of hydrogen-bond acceptors (Lipinski definition) is 2. The normalized spacial score (nSPS) is 44.9. The van der Waals surface area contributed by atoms with E-state index in [4.69, 9.17) is 0 Å². The minimum absolute atomic E-state index is 0.0421. The molecule has 1 atom stereocenters. The van der Waals surface area contributed by atoms with Gasteiger partial charge in [-0.2, -0.15) is 0 Å². The molecule has 0 radical (unpaired) electrons. The molecular weight excluding hydrogens is 232 g/mol. The Morgan fingerprint density at radius 1 is 1.12 bits per heavy atom. The fraction of sp³-hybridized carbons (Fsp3) is 0.929. The van der Waals surface area contributed by atoms with Crippen molar-refractivity contribution < 1.29 is 9.00 Å². The Balaban J connectivity index is 1.77. The predicted octanol–water partition coefficient (Wildman–Crippen LogP) is 2.54. The highest BCUT2D eigenvalue weighted by Crippen LogP contribution is 2.60. The van der Waals surface area contributed by atoms with Crippen molar-refractivity contribution in [2.24, 2.45) is 23.2 Å². The second-order valence-electron chi connectivity index (χ2n) is 6.49. The second-order valence-corrected chi connectivity index (χ2v) is 8.24. The lowest BCUT2D eigenvalue weighted by Gasteiger charge is -2.55. The van der Waals surface area contributed by atoms with E-state index in [1.807, 2.05) is 6.92 Å². The first kappa shape index (κ1) is 11.9. The van der Waals surface area contributed by atoms with E-state index in [-0.39, 0.29) is 5.41 Å². The molecule has 4 saturated carbocycles. The van der Waals surface area contributed by atoms with Crippen molar-refractivity contribution in [3.8, 4) is 0 Å². The lowest BCUT2D eigenvalue weighted by Crippen LogP contribution is -2.51. The third-order valence-electron chi connectivity index (χ3n) is 5.24. The van der Waals surface area contributed by atoms with Gasteiger partial charge in [0.15, 0.2) is 5.78 Å². The lowest BCUT2D eigenvalue weighted by molar-refractivity contribution is -0.141. The maximum Gasteiger partial charge on any atom is 0.151 e. The van der Waals surface area contributed by atoms with E-state index in [9.17, 15) is 9.00 Å². The highest BCUT2D eigenvalue weighted by Gasteiger charge is 2.54. The average Bonchev–Trinajstić information content (AvgIpc) is 2.26. The quantitative estimate of drug-likeness (QED) is 0.772.